The highest BCUT2D eigenvalue weighted by Gasteiger charge is 2.07. The van der Waals surface area contributed by atoms with E-state index in [-0.39, 0.29) is 0 Å². The van der Waals surface area contributed by atoms with E-state index in [9.17, 15) is 0 Å². The van der Waals surface area contributed by atoms with E-state index in [0.29, 0.717) is 19.0 Å². The number of rotatable bonds is 6. The maximum absolute atomic E-state index is 5.89. The standard InChI is InChI=1S/C19H17BrN2O/c20-17-11-16(12-21-18-9-5-2-6-10-18)19(22-13-17)23-14-15-7-3-1-4-8-15/h1-11,13,21H,12,14H2. The Morgan fingerprint density at radius 3 is 2.39 bits per heavy atom. The zero-order chi connectivity index (χ0) is 15.9. The van der Waals surface area contributed by atoms with Crippen LogP contribution in [0.4, 0.5) is 5.69 Å². The Hall–Kier alpha value is -2.33. The molecule has 0 saturated heterocycles. The van der Waals surface area contributed by atoms with Crippen LogP contribution in [0.1, 0.15) is 11.1 Å². The van der Waals surface area contributed by atoms with Gasteiger partial charge in [-0.1, -0.05) is 48.5 Å². The molecule has 0 atom stereocenters. The van der Waals surface area contributed by atoms with Crippen LogP contribution in [-0.4, -0.2) is 4.98 Å². The summed E-state index contributed by atoms with van der Waals surface area (Å²) in [4.78, 5) is 4.40. The lowest BCUT2D eigenvalue weighted by Crippen LogP contribution is -2.05. The first-order valence-corrected chi connectivity index (χ1v) is 8.20. The maximum Gasteiger partial charge on any atom is 0.218 e. The average molecular weight is 369 g/mol. The van der Waals surface area contributed by atoms with Crippen LogP contribution in [0.25, 0.3) is 0 Å². The number of hydrogen-bond donors (Lipinski definition) is 1. The highest BCUT2D eigenvalue weighted by atomic mass is 79.9. The van der Waals surface area contributed by atoms with Crippen molar-refractivity contribution in [3.63, 3.8) is 0 Å². The Labute approximate surface area is 144 Å². The highest BCUT2D eigenvalue weighted by Crippen LogP contribution is 2.22. The second-order valence-electron chi connectivity index (χ2n) is 5.11. The molecule has 1 aromatic heterocycles. The second-order valence-corrected chi connectivity index (χ2v) is 6.03. The number of para-hydroxylation sites is 1. The van der Waals surface area contributed by atoms with Crippen LogP contribution >= 0.6 is 15.9 Å². The molecule has 3 aromatic rings. The molecular weight excluding hydrogens is 352 g/mol. The quantitative estimate of drug-likeness (QED) is 0.661. The van der Waals surface area contributed by atoms with Crippen molar-refractivity contribution in [3.8, 4) is 5.88 Å². The van der Waals surface area contributed by atoms with Crippen LogP contribution in [0.5, 0.6) is 5.88 Å². The van der Waals surface area contributed by atoms with Crippen LogP contribution in [0.3, 0.4) is 0 Å². The number of pyridine rings is 1. The first-order chi connectivity index (χ1) is 11.3. The van der Waals surface area contributed by atoms with Gasteiger partial charge in [-0.05, 0) is 39.7 Å². The summed E-state index contributed by atoms with van der Waals surface area (Å²) in [5.41, 5.74) is 3.21. The minimum Gasteiger partial charge on any atom is -0.473 e. The summed E-state index contributed by atoms with van der Waals surface area (Å²) in [5, 5.41) is 3.39. The number of aromatic nitrogens is 1. The lowest BCUT2D eigenvalue weighted by molar-refractivity contribution is 0.290. The highest BCUT2D eigenvalue weighted by molar-refractivity contribution is 9.10. The number of nitrogens with zero attached hydrogens (tertiary/aromatic N) is 1. The normalized spacial score (nSPS) is 10.3. The molecule has 2 aromatic carbocycles. The van der Waals surface area contributed by atoms with Crippen molar-refractivity contribution in [1.82, 2.24) is 4.98 Å². The van der Waals surface area contributed by atoms with Crippen molar-refractivity contribution in [1.29, 1.82) is 0 Å². The molecule has 0 amide bonds. The van der Waals surface area contributed by atoms with Gasteiger partial charge >= 0.3 is 0 Å². The Balaban J connectivity index is 1.70. The fourth-order valence-electron chi connectivity index (χ4n) is 2.20. The summed E-state index contributed by atoms with van der Waals surface area (Å²) in [6.45, 7) is 1.16. The minimum absolute atomic E-state index is 0.508. The predicted molar refractivity (Wildman–Crippen MR) is 96.5 cm³/mol. The van der Waals surface area contributed by atoms with Crippen molar-refractivity contribution in [3.05, 3.63) is 88.5 Å². The molecule has 0 unspecified atom stereocenters. The Kier molecular flexibility index (Phi) is 5.27. The van der Waals surface area contributed by atoms with Crippen LogP contribution in [-0.2, 0) is 13.2 Å². The Morgan fingerprint density at radius 2 is 1.65 bits per heavy atom. The molecule has 0 aliphatic carbocycles. The van der Waals surface area contributed by atoms with Gasteiger partial charge in [-0.25, -0.2) is 4.98 Å². The van der Waals surface area contributed by atoms with Crippen molar-refractivity contribution in [2.75, 3.05) is 5.32 Å². The van der Waals surface area contributed by atoms with E-state index >= 15 is 0 Å². The summed E-state index contributed by atoms with van der Waals surface area (Å²) < 4.78 is 6.83. The third-order valence-corrected chi connectivity index (χ3v) is 3.80. The molecule has 4 heteroatoms. The van der Waals surface area contributed by atoms with E-state index in [2.05, 4.69) is 26.2 Å². The van der Waals surface area contributed by atoms with Gasteiger partial charge in [0.1, 0.15) is 6.61 Å². The topological polar surface area (TPSA) is 34.1 Å². The first-order valence-electron chi connectivity index (χ1n) is 7.41. The van der Waals surface area contributed by atoms with Gasteiger partial charge < -0.3 is 10.1 Å². The van der Waals surface area contributed by atoms with Crippen LogP contribution in [0.15, 0.2) is 77.4 Å². The van der Waals surface area contributed by atoms with Crippen molar-refractivity contribution in [2.45, 2.75) is 13.2 Å². The van der Waals surface area contributed by atoms with Gasteiger partial charge in [-0.15, -0.1) is 0 Å². The third kappa shape index (κ3) is 4.57. The van der Waals surface area contributed by atoms with Gasteiger partial charge in [0, 0.05) is 28.5 Å². The lowest BCUT2D eigenvalue weighted by Gasteiger charge is -2.12. The van der Waals surface area contributed by atoms with Crippen LogP contribution in [0, 0.1) is 0 Å². The molecule has 0 aliphatic heterocycles. The van der Waals surface area contributed by atoms with Crippen LogP contribution < -0.4 is 10.1 Å². The Morgan fingerprint density at radius 1 is 0.957 bits per heavy atom. The molecule has 1 N–H and O–H groups in total. The SMILES string of the molecule is Brc1cnc(OCc2ccccc2)c(CNc2ccccc2)c1. The third-order valence-electron chi connectivity index (χ3n) is 3.37. The summed E-state index contributed by atoms with van der Waals surface area (Å²) in [6.07, 6.45) is 1.76. The molecule has 1 heterocycles. The average Bonchev–Trinajstić information content (AvgIpc) is 2.61. The second kappa shape index (κ2) is 7.79. The summed E-state index contributed by atoms with van der Waals surface area (Å²) in [5.74, 6) is 0.653. The molecule has 116 valence electrons. The number of nitrogens with one attached hydrogen (secondary N) is 1. The van der Waals surface area contributed by atoms with Gasteiger partial charge in [0.2, 0.25) is 5.88 Å². The first kappa shape index (κ1) is 15.6. The lowest BCUT2D eigenvalue weighted by atomic mass is 10.2. The van der Waals surface area contributed by atoms with Crippen molar-refractivity contribution in [2.24, 2.45) is 0 Å². The van der Waals surface area contributed by atoms with E-state index < -0.39 is 0 Å². The zero-order valence-electron chi connectivity index (χ0n) is 12.6. The molecule has 0 saturated carbocycles. The smallest absolute Gasteiger partial charge is 0.218 e. The number of ether oxygens (including phenoxy) is 1. The molecule has 0 fully saturated rings. The van der Waals surface area contributed by atoms with E-state index in [1.807, 2.05) is 66.7 Å². The van der Waals surface area contributed by atoms with Crippen LogP contribution in [0.2, 0.25) is 0 Å². The van der Waals surface area contributed by atoms with E-state index in [0.717, 1.165) is 21.3 Å². The summed E-state index contributed by atoms with van der Waals surface area (Å²) in [7, 11) is 0. The van der Waals surface area contributed by atoms with Gasteiger partial charge in [0.15, 0.2) is 0 Å². The zero-order valence-corrected chi connectivity index (χ0v) is 14.2. The molecule has 0 bridgehead atoms. The largest absolute Gasteiger partial charge is 0.473 e. The number of hydrogen-bond acceptors (Lipinski definition) is 3. The van der Waals surface area contributed by atoms with E-state index in [1.165, 1.54) is 0 Å². The van der Waals surface area contributed by atoms with Gasteiger partial charge in [0.25, 0.3) is 0 Å². The molecule has 0 spiro atoms. The Bertz CT molecular complexity index is 748. The van der Waals surface area contributed by atoms with Gasteiger partial charge in [-0.3, -0.25) is 0 Å². The molecule has 0 aliphatic rings. The molecule has 3 nitrogen and oxygen atoms in total. The summed E-state index contributed by atoms with van der Waals surface area (Å²) in [6, 6.07) is 22.2. The molecule has 0 radical (unpaired) electrons. The minimum atomic E-state index is 0.508. The predicted octanol–water partition coefficient (Wildman–Crippen LogP) is 5.04. The van der Waals surface area contributed by atoms with Gasteiger partial charge in [-0.2, -0.15) is 0 Å². The monoisotopic (exact) mass is 368 g/mol. The summed E-state index contributed by atoms with van der Waals surface area (Å²) >= 11 is 3.47. The van der Waals surface area contributed by atoms with Gasteiger partial charge in [0.05, 0.1) is 0 Å². The van der Waals surface area contributed by atoms with Crippen molar-refractivity contribution < 1.29 is 4.74 Å². The fourth-order valence-corrected chi connectivity index (χ4v) is 2.58. The molecular formula is C19H17BrN2O. The van der Waals surface area contributed by atoms with E-state index in [4.69, 9.17) is 4.74 Å². The number of anilines is 1. The maximum atomic E-state index is 5.89. The number of halogens is 1. The fraction of sp³-hybridized carbons (Fsp3) is 0.105. The molecule has 23 heavy (non-hydrogen) atoms. The molecule has 3 rings (SSSR count). The van der Waals surface area contributed by atoms with Crippen molar-refractivity contribution >= 4 is 21.6 Å². The van der Waals surface area contributed by atoms with E-state index in [1.54, 1.807) is 6.20 Å². The number of benzene rings is 2.